The number of hydrogen-bond donors (Lipinski definition) is 0. The number of alkyl halides is 3. The van der Waals surface area contributed by atoms with E-state index in [1.807, 2.05) is 72.6 Å². The van der Waals surface area contributed by atoms with Crippen LogP contribution >= 0.6 is 0 Å². The molecule has 1 saturated heterocycles. The van der Waals surface area contributed by atoms with Crippen LogP contribution in [-0.4, -0.2) is 53.7 Å². The minimum Gasteiger partial charge on any atom is -0.304 e. The van der Waals surface area contributed by atoms with Crippen molar-refractivity contribution >= 4 is 11.4 Å². The van der Waals surface area contributed by atoms with Crippen molar-refractivity contribution < 1.29 is 13.2 Å². The van der Waals surface area contributed by atoms with E-state index in [0.717, 1.165) is 43.4 Å². The zero-order chi connectivity index (χ0) is 22.6. The summed E-state index contributed by atoms with van der Waals surface area (Å²) >= 11 is 0. The second kappa shape index (κ2) is 9.63. The molecule has 2 heterocycles. The fourth-order valence-corrected chi connectivity index (χ4v) is 3.75. The smallest absolute Gasteiger partial charge is 0.304 e. The highest BCUT2D eigenvalue weighted by Crippen LogP contribution is 2.34. The van der Waals surface area contributed by atoms with E-state index in [2.05, 4.69) is 14.9 Å². The van der Waals surface area contributed by atoms with Crippen LogP contribution in [0.15, 0.2) is 77.9 Å². The molecule has 0 atom stereocenters. The molecule has 7 heteroatoms. The summed E-state index contributed by atoms with van der Waals surface area (Å²) in [6.07, 6.45) is -3.06. The van der Waals surface area contributed by atoms with Crippen molar-refractivity contribution in [2.24, 2.45) is 4.99 Å². The van der Waals surface area contributed by atoms with Gasteiger partial charge in [0.2, 0.25) is 0 Å². The summed E-state index contributed by atoms with van der Waals surface area (Å²) in [4.78, 5) is 13.0. The van der Waals surface area contributed by atoms with Gasteiger partial charge in [0.15, 0.2) is 0 Å². The maximum absolute atomic E-state index is 13.9. The van der Waals surface area contributed by atoms with E-state index in [-0.39, 0.29) is 17.9 Å². The first kappa shape index (κ1) is 22.2. The number of hydrogen-bond acceptors (Lipinski definition) is 4. The maximum Gasteiger partial charge on any atom is 0.418 e. The lowest BCUT2D eigenvalue weighted by Gasteiger charge is -2.32. The average Bonchev–Trinajstić information content (AvgIpc) is 2.80. The van der Waals surface area contributed by atoms with Crippen molar-refractivity contribution in [3.63, 3.8) is 0 Å². The number of rotatable bonds is 5. The first-order chi connectivity index (χ1) is 15.4. The topological polar surface area (TPSA) is 31.7 Å². The average molecular weight is 438 g/mol. The van der Waals surface area contributed by atoms with Gasteiger partial charge in [-0.15, -0.1) is 0 Å². The highest BCUT2D eigenvalue weighted by molar-refractivity contribution is 6.13. The van der Waals surface area contributed by atoms with Crippen LogP contribution in [0.3, 0.4) is 0 Å². The standard InChI is InChI=1S/C25H25F3N4/c1-31-12-14-32(15-13-31)18-23-22(25(26,27)28)16-21(17-29-23)30-24(19-8-4-2-5-9-19)20-10-6-3-7-11-20/h2-11,16-17H,12-15,18H2,1H3. The number of piperazine rings is 1. The highest BCUT2D eigenvalue weighted by atomic mass is 19.4. The summed E-state index contributed by atoms with van der Waals surface area (Å²) in [5, 5.41) is 0. The van der Waals surface area contributed by atoms with Gasteiger partial charge in [0, 0.05) is 43.9 Å². The Hall–Kier alpha value is -3.03. The predicted octanol–water partition coefficient (Wildman–Crippen LogP) is 5.02. The summed E-state index contributed by atoms with van der Waals surface area (Å²) in [5.41, 5.74) is 1.76. The molecule has 166 valence electrons. The molecular weight excluding hydrogens is 413 g/mol. The number of benzene rings is 2. The van der Waals surface area contributed by atoms with Gasteiger partial charge in [-0.05, 0) is 13.1 Å². The third-order valence-electron chi connectivity index (χ3n) is 5.57. The molecule has 1 aromatic heterocycles. The first-order valence-corrected chi connectivity index (χ1v) is 10.6. The van der Waals surface area contributed by atoms with Crippen molar-refractivity contribution in [3.05, 3.63) is 95.3 Å². The number of pyridine rings is 1. The Kier molecular flexibility index (Phi) is 6.67. The molecule has 4 rings (SSSR count). The van der Waals surface area contributed by atoms with Gasteiger partial charge in [-0.1, -0.05) is 60.7 Å². The van der Waals surface area contributed by atoms with Crippen LogP contribution in [0.4, 0.5) is 18.9 Å². The van der Waals surface area contributed by atoms with Crippen LogP contribution in [0.2, 0.25) is 0 Å². The zero-order valence-electron chi connectivity index (χ0n) is 17.9. The van der Waals surface area contributed by atoms with E-state index < -0.39 is 11.7 Å². The normalized spacial score (nSPS) is 15.5. The first-order valence-electron chi connectivity index (χ1n) is 10.6. The van der Waals surface area contributed by atoms with Crippen LogP contribution in [0.1, 0.15) is 22.4 Å². The lowest BCUT2D eigenvalue weighted by atomic mass is 10.0. The second-order valence-corrected chi connectivity index (χ2v) is 7.96. The van der Waals surface area contributed by atoms with Gasteiger partial charge in [-0.25, -0.2) is 4.99 Å². The molecule has 0 bridgehead atoms. The van der Waals surface area contributed by atoms with Crippen molar-refractivity contribution in [1.82, 2.24) is 14.8 Å². The minimum absolute atomic E-state index is 0.0435. The van der Waals surface area contributed by atoms with Crippen molar-refractivity contribution in [3.8, 4) is 0 Å². The molecule has 1 fully saturated rings. The van der Waals surface area contributed by atoms with Crippen LogP contribution in [-0.2, 0) is 12.7 Å². The molecule has 4 nitrogen and oxygen atoms in total. The highest BCUT2D eigenvalue weighted by Gasteiger charge is 2.35. The lowest BCUT2D eigenvalue weighted by Crippen LogP contribution is -2.44. The Morgan fingerprint density at radius 1 is 0.906 bits per heavy atom. The third-order valence-corrected chi connectivity index (χ3v) is 5.57. The lowest BCUT2D eigenvalue weighted by molar-refractivity contribution is -0.138. The van der Waals surface area contributed by atoms with Crippen molar-refractivity contribution in [1.29, 1.82) is 0 Å². The molecule has 1 aliphatic heterocycles. The number of likely N-dealkylation sites (N-methyl/N-ethyl adjacent to an activating group) is 1. The molecule has 0 amide bonds. The summed E-state index contributed by atoms with van der Waals surface area (Å²) in [7, 11) is 2.01. The summed E-state index contributed by atoms with van der Waals surface area (Å²) in [6, 6.07) is 20.0. The van der Waals surface area contributed by atoms with E-state index in [4.69, 9.17) is 0 Å². The number of aliphatic imine (C=N–C) groups is 1. The van der Waals surface area contributed by atoms with E-state index in [0.29, 0.717) is 5.71 Å². The fraction of sp³-hybridized carbons (Fsp3) is 0.280. The zero-order valence-corrected chi connectivity index (χ0v) is 17.9. The number of nitrogens with zero attached hydrogens (tertiary/aromatic N) is 4. The summed E-state index contributed by atoms with van der Waals surface area (Å²) < 4.78 is 41.7. The monoisotopic (exact) mass is 438 g/mol. The van der Waals surface area contributed by atoms with Gasteiger partial charge in [-0.2, -0.15) is 13.2 Å². The Balaban J connectivity index is 1.71. The maximum atomic E-state index is 13.9. The second-order valence-electron chi connectivity index (χ2n) is 7.96. The molecular formula is C25H25F3N4. The van der Waals surface area contributed by atoms with Crippen molar-refractivity contribution in [2.75, 3.05) is 33.2 Å². The van der Waals surface area contributed by atoms with Gasteiger partial charge in [-0.3, -0.25) is 9.88 Å². The van der Waals surface area contributed by atoms with E-state index in [1.54, 1.807) is 0 Å². The molecule has 0 unspecified atom stereocenters. The number of halogens is 3. The third kappa shape index (κ3) is 5.41. The molecule has 1 aliphatic rings. The van der Waals surface area contributed by atoms with E-state index in [9.17, 15) is 13.2 Å². The Morgan fingerprint density at radius 3 is 2.00 bits per heavy atom. The molecule has 0 radical (unpaired) electrons. The van der Waals surface area contributed by atoms with Crippen LogP contribution in [0, 0.1) is 0 Å². The molecule has 0 aliphatic carbocycles. The van der Waals surface area contributed by atoms with Crippen LogP contribution in [0.5, 0.6) is 0 Å². The molecule has 32 heavy (non-hydrogen) atoms. The fourth-order valence-electron chi connectivity index (χ4n) is 3.75. The molecule has 0 spiro atoms. The van der Waals surface area contributed by atoms with Gasteiger partial charge >= 0.3 is 6.18 Å². The van der Waals surface area contributed by atoms with Gasteiger partial charge < -0.3 is 4.90 Å². The van der Waals surface area contributed by atoms with E-state index >= 15 is 0 Å². The minimum atomic E-state index is -4.50. The summed E-state index contributed by atoms with van der Waals surface area (Å²) in [6.45, 7) is 3.29. The van der Waals surface area contributed by atoms with Crippen LogP contribution in [0.25, 0.3) is 0 Å². The van der Waals surface area contributed by atoms with Gasteiger partial charge in [0.1, 0.15) is 0 Å². The molecule has 3 aromatic rings. The van der Waals surface area contributed by atoms with Gasteiger partial charge in [0.25, 0.3) is 0 Å². The molecule has 0 saturated carbocycles. The van der Waals surface area contributed by atoms with Crippen molar-refractivity contribution in [2.45, 2.75) is 12.7 Å². The van der Waals surface area contributed by atoms with Crippen LogP contribution < -0.4 is 0 Å². The number of aromatic nitrogens is 1. The largest absolute Gasteiger partial charge is 0.418 e. The predicted molar refractivity (Wildman–Crippen MR) is 120 cm³/mol. The Morgan fingerprint density at radius 2 is 1.47 bits per heavy atom. The molecule has 0 N–H and O–H groups in total. The Bertz CT molecular complexity index is 1020. The molecule has 2 aromatic carbocycles. The SMILES string of the molecule is CN1CCN(Cc2ncc(N=C(c3ccccc3)c3ccccc3)cc2C(F)(F)F)CC1. The summed E-state index contributed by atoms with van der Waals surface area (Å²) in [5.74, 6) is 0. The quantitative estimate of drug-likeness (QED) is 0.525. The van der Waals surface area contributed by atoms with E-state index in [1.165, 1.54) is 6.20 Å². The van der Waals surface area contributed by atoms with Gasteiger partial charge in [0.05, 0.1) is 28.9 Å². The Labute approximate surface area is 186 Å².